The summed E-state index contributed by atoms with van der Waals surface area (Å²) in [5, 5.41) is 7.61. The Kier molecular flexibility index (Phi) is 5.24. The fourth-order valence-electron chi connectivity index (χ4n) is 2.68. The molecule has 1 aliphatic rings. The van der Waals surface area contributed by atoms with Crippen molar-refractivity contribution in [2.45, 2.75) is 25.3 Å². The number of hydrogen-bond donors (Lipinski definition) is 0. The van der Waals surface area contributed by atoms with Crippen LogP contribution in [0.15, 0.2) is 42.6 Å². The number of benzene rings is 1. The summed E-state index contributed by atoms with van der Waals surface area (Å²) in [6.07, 6.45) is -1.98. The number of amides is 1. The summed E-state index contributed by atoms with van der Waals surface area (Å²) in [5.41, 5.74) is 0.313. The van der Waals surface area contributed by atoms with Gasteiger partial charge in [-0.1, -0.05) is 0 Å². The SMILES string of the molecule is O=C(c1ccc(OC(F)(F)F)cc1)N1CCC(Oc2cccnn2)CC1. The zero-order valence-corrected chi connectivity index (χ0v) is 13.6. The average Bonchev–Trinajstić information content (AvgIpc) is 2.62. The van der Waals surface area contributed by atoms with Gasteiger partial charge in [-0.25, -0.2) is 0 Å². The van der Waals surface area contributed by atoms with Gasteiger partial charge in [-0.3, -0.25) is 4.79 Å². The molecule has 1 aromatic carbocycles. The molecule has 1 aliphatic heterocycles. The summed E-state index contributed by atoms with van der Waals surface area (Å²) in [6.45, 7) is 0.981. The van der Waals surface area contributed by atoms with E-state index in [4.69, 9.17) is 4.74 Å². The molecular formula is C17H16F3N3O3. The predicted octanol–water partition coefficient (Wildman–Crippen LogP) is 3.06. The molecular weight excluding hydrogens is 351 g/mol. The number of ether oxygens (including phenoxy) is 2. The van der Waals surface area contributed by atoms with Crippen LogP contribution >= 0.6 is 0 Å². The van der Waals surface area contributed by atoms with Gasteiger partial charge in [0.15, 0.2) is 0 Å². The van der Waals surface area contributed by atoms with Crippen LogP contribution in [0.2, 0.25) is 0 Å². The lowest BCUT2D eigenvalue weighted by atomic mass is 10.1. The van der Waals surface area contributed by atoms with Crippen LogP contribution in [-0.2, 0) is 0 Å². The van der Waals surface area contributed by atoms with Gasteiger partial charge in [0.2, 0.25) is 5.88 Å². The topological polar surface area (TPSA) is 64.5 Å². The minimum absolute atomic E-state index is 0.0571. The van der Waals surface area contributed by atoms with Crippen molar-refractivity contribution in [2.75, 3.05) is 13.1 Å². The summed E-state index contributed by atoms with van der Waals surface area (Å²) in [7, 11) is 0. The normalized spacial score (nSPS) is 15.6. The number of halogens is 3. The van der Waals surface area contributed by atoms with Crippen molar-refractivity contribution in [3.63, 3.8) is 0 Å². The first-order chi connectivity index (χ1) is 12.4. The number of likely N-dealkylation sites (tertiary alicyclic amines) is 1. The first-order valence-corrected chi connectivity index (χ1v) is 8.00. The Bertz CT molecular complexity index is 730. The summed E-state index contributed by atoms with van der Waals surface area (Å²) < 4.78 is 46.0. The van der Waals surface area contributed by atoms with E-state index in [-0.39, 0.29) is 17.8 Å². The Morgan fingerprint density at radius 3 is 2.38 bits per heavy atom. The minimum Gasteiger partial charge on any atom is -0.473 e. The molecule has 1 aromatic heterocycles. The standard InChI is InChI=1S/C17H16F3N3O3/c18-17(19,20)26-14-5-3-12(4-6-14)16(24)23-10-7-13(8-11-23)25-15-2-1-9-21-22-15/h1-6,9,13H,7-8,10-11H2. The number of rotatable bonds is 4. The summed E-state index contributed by atoms with van der Waals surface area (Å²) >= 11 is 0. The van der Waals surface area contributed by atoms with Crippen molar-refractivity contribution < 1.29 is 27.4 Å². The molecule has 1 fully saturated rings. The molecule has 0 N–H and O–H groups in total. The quantitative estimate of drug-likeness (QED) is 0.831. The minimum atomic E-state index is -4.75. The molecule has 0 bridgehead atoms. The lowest BCUT2D eigenvalue weighted by Crippen LogP contribution is -2.41. The molecule has 0 radical (unpaired) electrons. The fourth-order valence-corrected chi connectivity index (χ4v) is 2.68. The smallest absolute Gasteiger partial charge is 0.473 e. The maximum atomic E-state index is 12.5. The molecule has 0 atom stereocenters. The maximum Gasteiger partial charge on any atom is 0.573 e. The number of nitrogens with zero attached hydrogens (tertiary/aromatic N) is 3. The molecule has 138 valence electrons. The van der Waals surface area contributed by atoms with Crippen molar-refractivity contribution in [1.29, 1.82) is 0 Å². The third-order valence-corrected chi connectivity index (χ3v) is 3.90. The molecule has 2 aromatic rings. The van der Waals surface area contributed by atoms with E-state index in [2.05, 4.69) is 14.9 Å². The summed E-state index contributed by atoms with van der Waals surface area (Å²) in [6, 6.07) is 8.36. The van der Waals surface area contributed by atoms with Gasteiger partial charge in [0, 0.05) is 43.8 Å². The first kappa shape index (κ1) is 18.0. The monoisotopic (exact) mass is 367 g/mol. The zero-order valence-electron chi connectivity index (χ0n) is 13.6. The largest absolute Gasteiger partial charge is 0.573 e. The Labute approximate surface area is 147 Å². The number of carbonyl (C=O) groups is 1. The van der Waals surface area contributed by atoms with Crippen molar-refractivity contribution in [3.8, 4) is 11.6 Å². The molecule has 3 rings (SSSR count). The van der Waals surface area contributed by atoms with E-state index >= 15 is 0 Å². The van der Waals surface area contributed by atoms with E-state index in [0.29, 0.717) is 37.4 Å². The first-order valence-electron chi connectivity index (χ1n) is 8.00. The van der Waals surface area contributed by atoms with Gasteiger partial charge < -0.3 is 14.4 Å². The zero-order chi connectivity index (χ0) is 18.6. The fraction of sp³-hybridized carbons (Fsp3) is 0.353. The van der Waals surface area contributed by atoms with Crippen molar-refractivity contribution in [2.24, 2.45) is 0 Å². The second-order valence-corrected chi connectivity index (χ2v) is 5.74. The third kappa shape index (κ3) is 4.84. The highest BCUT2D eigenvalue weighted by atomic mass is 19.4. The molecule has 2 heterocycles. The lowest BCUT2D eigenvalue weighted by Gasteiger charge is -2.31. The molecule has 0 spiro atoms. The highest BCUT2D eigenvalue weighted by Gasteiger charge is 2.31. The van der Waals surface area contributed by atoms with Crippen LogP contribution in [0.5, 0.6) is 11.6 Å². The molecule has 6 nitrogen and oxygen atoms in total. The Balaban J connectivity index is 1.53. The van der Waals surface area contributed by atoms with E-state index in [1.165, 1.54) is 12.1 Å². The summed E-state index contributed by atoms with van der Waals surface area (Å²) in [5.74, 6) is -0.149. The van der Waals surface area contributed by atoms with Gasteiger partial charge in [-0.05, 0) is 30.3 Å². The Morgan fingerprint density at radius 2 is 1.81 bits per heavy atom. The third-order valence-electron chi connectivity index (χ3n) is 3.90. The van der Waals surface area contributed by atoms with Crippen LogP contribution in [0.3, 0.4) is 0 Å². The van der Waals surface area contributed by atoms with Crippen molar-refractivity contribution in [3.05, 3.63) is 48.2 Å². The number of aromatic nitrogens is 2. The Morgan fingerprint density at radius 1 is 1.12 bits per heavy atom. The second kappa shape index (κ2) is 7.59. The maximum absolute atomic E-state index is 12.5. The molecule has 1 amide bonds. The number of piperidine rings is 1. The van der Waals surface area contributed by atoms with Crippen LogP contribution in [0.25, 0.3) is 0 Å². The number of carbonyl (C=O) groups excluding carboxylic acids is 1. The van der Waals surface area contributed by atoms with Crippen molar-refractivity contribution in [1.82, 2.24) is 15.1 Å². The van der Waals surface area contributed by atoms with Crippen LogP contribution in [-0.4, -0.2) is 46.6 Å². The van der Waals surface area contributed by atoms with Crippen molar-refractivity contribution >= 4 is 5.91 Å². The van der Waals surface area contributed by atoms with Gasteiger partial charge in [-0.15, -0.1) is 18.3 Å². The van der Waals surface area contributed by atoms with Crippen LogP contribution in [0.4, 0.5) is 13.2 Å². The second-order valence-electron chi connectivity index (χ2n) is 5.74. The number of hydrogen-bond acceptors (Lipinski definition) is 5. The molecule has 9 heteroatoms. The highest BCUT2D eigenvalue weighted by Crippen LogP contribution is 2.24. The van der Waals surface area contributed by atoms with Gasteiger partial charge in [-0.2, -0.15) is 5.10 Å². The average molecular weight is 367 g/mol. The summed E-state index contributed by atoms with van der Waals surface area (Å²) in [4.78, 5) is 14.1. The molecule has 0 aliphatic carbocycles. The molecule has 0 saturated carbocycles. The molecule has 26 heavy (non-hydrogen) atoms. The van der Waals surface area contributed by atoms with Crippen LogP contribution in [0, 0.1) is 0 Å². The van der Waals surface area contributed by atoms with Gasteiger partial charge >= 0.3 is 6.36 Å². The van der Waals surface area contributed by atoms with Gasteiger partial charge in [0.1, 0.15) is 11.9 Å². The Hall–Kier alpha value is -2.84. The van der Waals surface area contributed by atoms with E-state index in [9.17, 15) is 18.0 Å². The van der Waals surface area contributed by atoms with Crippen LogP contribution in [0.1, 0.15) is 23.2 Å². The molecule has 1 saturated heterocycles. The van der Waals surface area contributed by atoms with E-state index in [1.54, 1.807) is 23.2 Å². The van der Waals surface area contributed by atoms with Gasteiger partial charge in [0.05, 0.1) is 0 Å². The lowest BCUT2D eigenvalue weighted by molar-refractivity contribution is -0.274. The van der Waals surface area contributed by atoms with E-state index in [1.807, 2.05) is 0 Å². The van der Waals surface area contributed by atoms with E-state index in [0.717, 1.165) is 12.1 Å². The van der Waals surface area contributed by atoms with Gasteiger partial charge in [0.25, 0.3) is 5.91 Å². The number of alkyl halides is 3. The predicted molar refractivity (Wildman–Crippen MR) is 84.7 cm³/mol. The van der Waals surface area contributed by atoms with Crippen LogP contribution < -0.4 is 9.47 Å². The highest BCUT2D eigenvalue weighted by molar-refractivity contribution is 5.94. The van der Waals surface area contributed by atoms with E-state index < -0.39 is 6.36 Å². The molecule has 0 unspecified atom stereocenters.